The summed E-state index contributed by atoms with van der Waals surface area (Å²) in [6, 6.07) is 7.04. The molecule has 0 unspecified atom stereocenters. The molecule has 2 aromatic rings. The Morgan fingerprint density at radius 3 is 2.32 bits per heavy atom. The van der Waals surface area contributed by atoms with E-state index in [1.54, 1.807) is 0 Å². The van der Waals surface area contributed by atoms with Gasteiger partial charge in [-0.2, -0.15) is 13.2 Å². The van der Waals surface area contributed by atoms with Crippen LogP contribution in [0.5, 0.6) is 0 Å². The van der Waals surface area contributed by atoms with Crippen molar-refractivity contribution >= 4 is 17.5 Å². The number of alkyl halides is 3. The number of carbonyl (C=O) groups is 2. The van der Waals surface area contributed by atoms with Gasteiger partial charge in [-0.15, -0.1) is 0 Å². The van der Waals surface area contributed by atoms with E-state index in [2.05, 4.69) is 15.6 Å². The number of rotatable bonds is 4. The van der Waals surface area contributed by atoms with Gasteiger partial charge in [0.15, 0.2) is 0 Å². The summed E-state index contributed by atoms with van der Waals surface area (Å²) >= 11 is 0. The zero-order valence-electron chi connectivity index (χ0n) is 12.9. The standard InChI is InChI=1S/C17H14F3N3O2/c18-17(19,20)11-1-3-12(4-2-11)22-15(24)10-7-8-21-14(9-10)16(25)23-13-5-6-13/h1-4,7-9,13H,5-6H2,(H,22,24)(H,23,25). The summed E-state index contributed by atoms with van der Waals surface area (Å²) in [6.07, 6.45) is -1.24. The Morgan fingerprint density at radius 2 is 1.72 bits per heavy atom. The quantitative estimate of drug-likeness (QED) is 0.890. The molecule has 1 aromatic carbocycles. The number of benzene rings is 1. The van der Waals surface area contributed by atoms with E-state index in [0.29, 0.717) is 0 Å². The predicted molar refractivity (Wildman–Crippen MR) is 84.1 cm³/mol. The molecular weight excluding hydrogens is 335 g/mol. The lowest BCUT2D eigenvalue weighted by atomic mass is 10.1. The van der Waals surface area contributed by atoms with Gasteiger partial charge in [0.2, 0.25) is 0 Å². The molecule has 130 valence electrons. The highest BCUT2D eigenvalue weighted by molar-refractivity contribution is 6.05. The maximum absolute atomic E-state index is 12.5. The van der Waals surface area contributed by atoms with Gasteiger partial charge in [-0.05, 0) is 49.2 Å². The Balaban J connectivity index is 1.69. The zero-order valence-corrected chi connectivity index (χ0v) is 12.9. The van der Waals surface area contributed by atoms with Crippen molar-refractivity contribution in [1.29, 1.82) is 0 Å². The van der Waals surface area contributed by atoms with E-state index >= 15 is 0 Å². The van der Waals surface area contributed by atoms with E-state index in [9.17, 15) is 22.8 Å². The van der Waals surface area contributed by atoms with Crippen LogP contribution in [-0.2, 0) is 6.18 Å². The molecule has 1 aromatic heterocycles. The van der Waals surface area contributed by atoms with Crippen LogP contribution < -0.4 is 10.6 Å². The van der Waals surface area contributed by atoms with Crippen LogP contribution >= 0.6 is 0 Å². The molecule has 0 bridgehead atoms. The summed E-state index contributed by atoms with van der Waals surface area (Å²) < 4.78 is 37.6. The van der Waals surface area contributed by atoms with Gasteiger partial charge in [0.05, 0.1) is 5.56 Å². The summed E-state index contributed by atoms with van der Waals surface area (Å²) in [5.41, 5.74) is -0.268. The number of anilines is 1. The molecule has 1 saturated carbocycles. The molecule has 1 heterocycles. The lowest BCUT2D eigenvalue weighted by molar-refractivity contribution is -0.137. The third kappa shape index (κ3) is 4.34. The first kappa shape index (κ1) is 16.9. The van der Waals surface area contributed by atoms with Crippen LogP contribution in [-0.4, -0.2) is 22.8 Å². The maximum atomic E-state index is 12.5. The van der Waals surface area contributed by atoms with Crippen LogP contribution in [0.3, 0.4) is 0 Å². The van der Waals surface area contributed by atoms with Crippen molar-refractivity contribution in [2.24, 2.45) is 0 Å². The molecule has 2 N–H and O–H groups in total. The molecule has 0 atom stereocenters. The van der Waals surface area contributed by atoms with Crippen molar-refractivity contribution in [3.05, 3.63) is 59.4 Å². The highest BCUT2D eigenvalue weighted by Crippen LogP contribution is 2.29. The first-order valence-corrected chi connectivity index (χ1v) is 7.58. The van der Waals surface area contributed by atoms with E-state index in [1.165, 1.54) is 30.5 Å². The fourth-order valence-electron chi connectivity index (χ4n) is 2.13. The first-order chi connectivity index (χ1) is 11.8. The van der Waals surface area contributed by atoms with E-state index in [0.717, 1.165) is 25.0 Å². The monoisotopic (exact) mass is 349 g/mol. The van der Waals surface area contributed by atoms with Crippen LogP contribution in [0.2, 0.25) is 0 Å². The highest BCUT2D eigenvalue weighted by atomic mass is 19.4. The van der Waals surface area contributed by atoms with Crippen LogP contribution in [0.25, 0.3) is 0 Å². The second-order valence-electron chi connectivity index (χ2n) is 5.71. The second-order valence-corrected chi connectivity index (χ2v) is 5.71. The average molecular weight is 349 g/mol. The Morgan fingerprint density at radius 1 is 1.04 bits per heavy atom. The highest BCUT2D eigenvalue weighted by Gasteiger charge is 2.30. The SMILES string of the molecule is O=C(Nc1ccc(C(F)(F)F)cc1)c1ccnc(C(=O)NC2CC2)c1. The molecule has 1 aliphatic rings. The lowest BCUT2D eigenvalue weighted by Crippen LogP contribution is -2.26. The van der Waals surface area contributed by atoms with E-state index < -0.39 is 17.6 Å². The summed E-state index contributed by atoms with van der Waals surface area (Å²) in [6.45, 7) is 0. The molecule has 0 aliphatic heterocycles. The van der Waals surface area contributed by atoms with Gasteiger partial charge in [0.25, 0.3) is 11.8 Å². The van der Waals surface area contributed by atoms with Crippen LogP contribution in [0, 0.1) is 0 Å². The van der Waals surface area contributed by atoms with Crippen molar-refractivity contribution in [3.63, 3.8) is 0 Å². The first-order valence-electron chi connectivity index (χ1n) is 7.58. The van der Waals surface area contributed by atoms with E-state index in [-0.39, 0.29) is 28.9 Å². The Bertz CT molecular complexity index is 800. The Labute approximate surface area is 141 Å². The molecule has 0 spiro atoms. The molecule has 2 amide bonds. The number of nitrogens with one attached hydrogen (secondary N) is 2. The third-order valence-corrected chi connectivity index (χ3v) is 3.64. The molecule has 5 nitrogen and oxygen atoms in total. The number of hydrogen-bond donors (Lipinski definition) is 2. The molecule has 8 heteroatoms. The van der Waals surface area contributed by atoms with Gasteiger partial charge in [-0.25, -0.2) is 0 Å². The number of hydrogen-bond acceptors (Lipinski definition) is 3. The minimum absolute atomic E-state index is 0.118. The summed E-state index contributed by atoms with van der Waals surface area (Å²) in [4.78, 5) is 28.1. The summed E-state index contributed by atoms with van der Waals surface area (Å²) in [7, 11) is 0. The number of carbonyl (C=O) groups excluding carboxylic acids is 2. The minimum Gasteiger partial charge on any atom is -0.348 e. The number of halogens is 3. The molecule has 0 radical (unpaired) electrons. The number of amides is 2. The normalized spacial score (nSPS) is 14.0. The van der Waals surface area contributed by atoms with Crippen LogP contribution in [0.1, 0.15) is 39.3 Å². The third-order valence-electron chi connectivity index (χ3n) is 3.64. The fourth-order valence-corrected chi connectivity index (χ4v) is 2.13. The smallest absolute Gasteiger partial charge is 0.348 e. The molecule has 1 fully saturated rings. The Hall–Kier alpha value is -2.90. The zero-order chi connectivity index (χ0) is 18.0. The number of nitrogens with zero attached hydrogens (tertiary/aromatic N) is 1. The van der Waals surface area contributed by atoms with Crippen LogP contribution in [0.15, 0.2) is 42.6 Å². The minimum atomic E-state index is -4.43. The van der Waals surface area contributed by atoms with Gasteiger partial charge < -0.3 is 10.6 Å². The fraction of sp³-hybridized carbons (Fsp3) is 0.235. The van der Waals surface area contributed by atoms with E-state index in [4.69, 9.17) is 0 Å². The molecule has 3 rings (SSSR count). The van der Waals surface area contributed by atoms with Crippen molar-refractivity contribution in [2.45, 2.75) is 25.1 Å². The maximum Gasteiger partial charge on any atom is 0.416 e. The molecular formula is C17H14F3N3O2. The van der Waals surface area contributed by atoms with Gasteiger partial charge in [0, 0.05) is 23.5 Å². The predicted octanol–water partition coefficient (Wildman–Crippen LogP) is 3.24. The summed E-state index contributed by atoms with van der Waals surface area (Å²) in [5, 5.41) is 5.26. The van der Waals surface area contributed by atoms with Gasteiger partial charge in [-0.1, -0.05) is 0 Å². The van der Waals surface area contributed by atoms with Crippen LogP contribution in [0.4, 0.5) is 18.9 Å². The summed E-state index contributed by atoms with van der Waals surface area (Å²) in [5.74, 6) is -0.894. The molecule has 0 saturated heterocycles. The average Bonchev–Trinajstić information content (AvgIpc) is 3.38. The Kier molecular flexibility index (Phi) is 4.43. The van der Waals surface area contributed by atoms with Gasteiger partial charge in [-0.3, -0.25) is 14.6 Å². The van der Waals surface area contributed by atoms with Crippen molar-refractivity contribution < 1.29 is 22.8 Å². The van der Waals surface area contributed by atoms with Gasteiger partial charge in [0.1, 0.15) is 5.69 Å². The van der Waals surface area contributed by atoms with Crippen molar-refractivity contribution in [2.75, 3.05) is 5.32 Å². The number of aromatic nitrogens is 1. The second kappa shape index (κ2) is 6.54. The molecule has 25 heavy (non-hydrogen) atoms. The number of pyridine rings is 1. The topological polar surface area (TPSA) is 71.1 Å². The van der Waals surface area contributed by atoms with Crippen molar-refractivity contribution in [3.8, 4) is 0 Å². The van der Waals surface area contributed by atoms with E-state index in [1.807, 2.05) is 0 Å². The lowest BCUT2D eigenvalue weighted by Gasteiger charge is -2.09. The largest absolute Gasteiger partial charge is 0.416 e. The van der Waals surface area contributed by atoms with Gasteiger partial charge >= 0.3 is 6.18 Å². The molecule has 1 aliphatic carbocycles. The van der Waals surface area contributed by atoms with Crippen molar-refractivity contribution in [1.82, 2.24) is 10.3 Å².